The van der Waals surface area contributed by atoms with Gasteiger partial charge in [-0.2, -0.15) is 0 Å². The van der Waals surface area contributed by atoms with Gasteiger partial charge in [0, 0.05) is 38.6 Å². The van der Waals surface area contributed by atoms with Crippen LogP contribution in [0, 0.1) is 19.8 Å². The average Bonchev–Trinajstić information content (AvgIpc) is 2.80. The normalized spacial score (nSPS) is 17.8. The van der Waals surface area contributed by atoms with Crippen LogP contribution in [-0.2, 0) is 16.1 Å². The van der Waals surface area contributed by atoms with Crippen LogP contribution in [0.5, 0.6) is 0 Å². The van der Waals surface area contributed by atoms with Gasteiger partial charge in [0.1, 0.15) is 0 Å². The lowest BCUT2D eigenvalue weighted by Crippen LogP contribution is -2.40. The summed E-state index contributed by atoms with van der Waals surface area (Å²) in [4.78, 5) is 26.1. The van der Waals surface area contributed by atoms with Crippen LogP contribution in [0.25, 0.3) is 0 Å². The minimum absolute atomic E-state index is 0.0707. The van der Waals surface area contributed by atoms with Gasteiger partial charge in [-0.25, -0.2) is 9.97 Å². The molecule has 2 fully saturated rings. The first-order chi connectivity index (χ1) is 14.6. The van der Waals surface area contributed by atoms with E-state index in [0.29, 0.717) is 6.54 Å². The van der Waals surface area contributed by atoms with Gasteiger partial charge < -0.3 is 19.9 Å². The summed E-state index contributed by atoms with van der Waals surface area (Å²) in [6.45, 7) is 9.62. The lowest BCUT2D eigenvalue weighted by molar-refractivity contribution is -0.125. The molecule has 0 unspecified atom stereocenters. The minimum Gasteiger partial charge on any atom is -0.378 e. The lowest BCUT2D eigenvalue weighted by atomic mass is 9.95. The van der Waals surface area contributed by atoms with Crippen molar-refractivity contribution in [3.05, 3.63) is 47.3 Å². The van der Waals surface area contributed by atoms with Gasteiger partial charge >= 0.3 is 0 Å². The molecule has 1 aromatic carbocycles. The molecule has 1 aromatic heterocycles. The minimum atomic E-state index is 0.0707. The second-order valence-corrected chi connectivity index (χ2v) is 8.24. The van der Waals surface area contributed by atoms with E-state index in [1.165, 1.54) is 11.1 Å². The Morgan fingerprint density at radius 3 is 2.40 bits per heavy atom. The highest BCUT2D eigenvalue weighted by Crippen LogP contribution is 2.23. The number of carbonyl (C=O) groups is 1. The van der Waals surface area contributed by atoms with E-state index in [0.717, 1.165) is 69.4 Å². The Hall–Kier alpha value is -2.67. The first kappa shape index (κ1) is 20.6. The number of anilines is 2. The van der Waals surface area contributed by atoms with Crippen LogP contribution in [-0.4, -0.2) is 55.3 Å². The highest BCUT2D eigenvalue weighted by atomic mass is 16.5. The topological polar surface area (TPSA) is 70.6 Å². The molecule has 7 heteroatoms. The Morgan fingerprint density at radius 2 is 1.73 bits per heavy atom. The summed E-state index contributed by atoms with van der Waals surface area (Å²) in [5.41, 5.74) is 4.72. The molecular weight excluding hydrogens is 378 g/mol. The number of morpholine rings is 1. The number of hydrogen-bond donors (Lipinski definition) is 1. The number of hydrogen-bond acceptors (Lipinski definition) is 6. The lowest BCUT2D eigenvalue weighted by Gasteiger charge is -2.33. The average molecular weight is 410 g/mol. The summed E-state index contributed by atoms with van der Waals surface area (Å²) in [7, 11) is 0. The first-order valence-corrected chi connectivity index (χ1v) is 10.8. The van der Waals surface area contributed by atoms with Crippen LogP contribution in [0.3, 0.4) is 0 Å². The molecule has 2 saturated heterocycles. The van der Waals surface area contributed by atoms with Gasteiger partial charge in [0.2, 0.25) is 11.9 Å². The quantitative estimate of drug-likeness (QED) is 0.818. The number of piperidine rings is 1. The van der Waals surface area contributed by atoms with E-state index >= 15 is 0 Å². The maximum Gasteiger partial charge on any atom is 0.225 e. The van der Waals surface area contributed by atoms with E-state index in [1.807, 2.05) is 12.4 Å². The monoisotopic (exact) mass is 409 g/mol. The van der Waals surface area contributed by atoms with Gasteiger partial charge in [0.05, 0.1) is 31.3 Å². The number of benzene rings is 1. The summed E-state index contributed by atoms with van der Waals surface area (Å²) < 4.78 is 5.38. The number of aromatic nitrogens is 2. The summed E-state index contributed by atoms with van der Waals surface area (Å²) in [6, 6.07) is 6.35. The Morgan fingerprint density at radius 1 is 1.03 bits per heavy atom. The Bertz CT molecular complexity index is 856. The molecule has 0 spiro atoms. The van der Waals surface area contributed by atoms with Crippen molar-refractivity contribution in [3.63, 3.8) is 0 Å². The molecule has 2 aliphatic rings. The van der Waals surface area contributed by atoms with Gasteiger partial charge in [0.15, 0.2) is 0 Å². The van der Waals surface area contributed by atoms with E-state index in [1.54, 1.807) is 0 Å². The SMILES string of the molecule is Cc1ccc(CNC(=O)C2CCN(c3cnc(N4CCOCC4)nc3)CC2)cc1C. The zero-order valence-corrected chi connectivity index (χ0v) is 17.9. The van der Waals surface area contributed by atoms with Gasteiger partial charge in [0.25, 0.3) is 0 Å². The van der Waals surface area contributed by atoms with Gasteiger partial charge in [-0.3, -0.25) is 4.79 Å². The van der Waals surface area contributed by atoms with E-state index in [2.05, 4.69) is 57.1 Å². The van der Waals surface area contributed by atoms with E-state index in [9.17, 15) is 4.79 Å². The van der Waals surface area contributed by atoms with Crippen LogP contribution >= 0.6 is 0 Å². The highest BCUT2D eigenvalue weighted by Gasteiger charge is 2.25. The fourth-order valence-corrected chi connectivity index (χ4v) is 4.05. The molecule has 4 rings (SSSR count). The van der Waals surface area contributed by atoms with Crippen LogP contribution < -0.4 is 15.1 Å². The second-order valence-electron chi connectivity index (χ2n) is 8.24. The maximum atomic E-state index is 12.6. The van der Waals surface area contributed by atoms with Gasteiger partial charge in [-0.1, -0.05) is 18.2 Å². The third kappa shape index (κ3) is 4.90. The van der Waals surface area contributed by atoms with Crippen molar-refractivity contribution >= 4 is 17.5 Å². The Kier molecular flexibility index (Phi) is 6.47. The van der Waals surface area contributed by atoms with Gasteiger partial charge in [-0.05, 0) is 43.4 Å². The number of nitrogens with zero attached hydrogens (tertiary/aromatic N) is 4. The molecule has 0 atom stereocenters. The van der Waals surface area contributed by atoms with Crippen molar-refractivity contribution in [3.8, 4) is 0 Å². The van der Waals surface area contributed by atoms with Crippen molar-refractivity contribution in [2.24, 2.45) is 5.92 Å². The Balaban J connectivity index is 1.25. The smallest absolute Gasteiger partial charge is 0.225 e. The highest BCUT2D eigenvalue weighted by molar-refractivity contribution is 5.79. The molecule has 1 N–H and O–H groups in total. The van der Waals surface area contributed by atoms with E-state index in [4.69, 9.17) is 4.74 Å². The fourth-order valence-electron chi connectivity index (χ4n) is 4.05. The van der Waals surface area contributed by atoms with Crippen molar-refractivity contribution in [1.29, 1.82) is 0 Å². The van der Waals surface area contributed by atoms with Crippen molar-refractivity contribution in [1.82, 2.24) is 15.3 Å². The molecule has 3 heterocycles. The number of carbonyl (C=O) groups excluding carboxylic acids is 1. The molecule has 30 heavy (non-hydrogen) atoms. The number of aryl methyl sites for hydroxylation is 2. The molecule has 7 nitrogen and oxygen atoms in total. The maximum absolute atomic E-state index is 12.6. The van der Waals surface area contributed by atoms with Crippen molar-refractivity contribution in [2.45, 2.75) is 33.2 Å². The van der Waals surface area contributed by atoms with Crippen LogP contribution in [0.1, 0.15) is 29.5 Å². The zero-order chi connectivity index (χ0) is 20.9. The summed E-state index contributed by atoms with van der Waals surface area (Å²) in [6.07, 6.45) is 5.50. The first-order valence-electron chi connectivity index (χ1n) is 10.8. The summed E-state index contributed by atoms with van der Waals surface area (Å²) in [5.74, 6) is 0.996. The molecule has 0 aliphatic carbocycles. The van der Waals surface area contributed by atoms with Crippen LogP contribution in [0.2, 0.25) is 0 Å². The molecule has 160 valence electrons. The summed E-state index contributed by atoms with van der Waals surface area (Å²) in [5, 5.41) is 3.12. The predicted molar refractivity (Wildman–Crippen MR) is 118 cm³/mol. The van der Waals surface area contributed by atoms with Crippen molar-refractivity contribution in [2.75, 3.05) is 49.2 Å². The third-order valence-corrected chi connectivity index (χ3v) is 6.19. The molecule has 0 saturated carbocycles. The number of nitrogens with one attached hydrogen (secondary N) is 1. The summed E-state index contributed by atoms with van der Waals surface area (Å²) >= 11 is 0. The molecule has 2 aromatic rings. The molecule has 2 aliphatic heterocycles. The van der Waals surface area contributed by atoms with Crippen molar-refractivity contribution < 1.29 is 9.53 Å². The second kappa shape index (κ2) is 9.43. The van der Waals surface area contributed by atoms with E-state index < -0.39 is 0 Å². The largest absolute Gasteiger partial charge is 0.378 e. The van der Waals surface area contributed by atoms with Gasteiger partial charge in [-0.15, -0.1) is 0 Å². The molecule has 0 bridgehead atoms. The van der Waals surface area contributed by atoms with E-state index in [-0.39, 0.29) is 11.8 Å². The van der Waals surface area contributed by atoms with Crippen LogP contribution in [0.4, 0.5) is 11.6 Å². The molecule has 1 amide bonds. The fraction of sp³-hybridized carbons (Fsp3) is 0.522. The van der Waals surface area contributed by atoms with Crippen LogP contribution in [0.15, 0.2) is 30.6 Å². The number of ether oxygens (including phenoxy) is 1. The Labute approximate surface area is 178 Å². The third-order valence-electron chi connectivity index (χ3n) is 6.19. The number of amides is 1. The number of rotatable bonds is 5. The molecular formula is C23H31N5O2. The predicted octanol–water partition coefficient (Wildman–Crippen LogP) is 2.46. The standard InChI is InChI=1S/C23H31N5O2/c1-17-3-4-19(13-18(17)2)14-24-22(29)20-5-7-27(8-6-20)21-15-25-23(26-16-21)28-9-11-30-12-10-28/h3-4,13,15-16,20H,5-12,14H2,1-2H3,(H,24,29). The zero-order valence-electron chi connectivity index (χ0n) is 17.9. The molecule has 0 radical (unpaired) electrons.